The van der Waals surface area contributed by atoms with Crippen molar-refractivity contribution in [3.05, 3.63) is 17.0 Å². The summed E-state index contributed by atoms with van der Waals surface area (Å²) in [5.41, 5.74) is 2.44. The van der Waals surface area contributed by atoms with E-state index in [0.29, 0.717) is 6.04 Å². The molecule has 1 aromatic heterocycles. The van der Waals surface area contributed by atoms with Crippen molar-refractivity contribution in [2.75, 3.05) is 20.1 Å². The molecule has 5 nitrogen and oxygen atoms in total. The number of likely N-dealkylation sites (N-methyl/N-ethyl adjacent to an activating group) is 1. The number of carbonyl (C=O) groups is 1. The number of hydrogen-bond acceptors (Lipinski definition) is 3. The Labute approximate surface area is 100 Å². The number of nitrogens with zero attached hydrogens (tertiary/aromatic N) is 3. The number of rotatable bonds is 2. The van der Waals surface area contributed by atoms with Crippen LogP contribution in [-0.2, 0) is 12.8 Å². The molecule has 1 N–H and O–H groups in total. The first-order chi connectivity index (χ1) is 8.16. The molecule has 0 aromatic carbocycles. The highest BCUT2D eigenvalue weighted by atomic mass is 16.4. The summed E-state index contributed by atoms with van der Waals surface area (Å²) in [6.45, 7) is 1.96. The summed E-state index contributed by atoms with van der Waals surface area (Å²) in [6.07, 6.45) is 4.10. The maximum absolute atomic E-state index is 11.2. The van der Waals surface area contributed by atoms with Crippen LogP contribution in [0.1, 0.15) is 40.6 Å². The minimum Gasteiger partial charge on any atom is -0.476 e. The van der Waals surface area contributed by atoms with Crippen LogP contribution in [0.2, 0.25) is 0 Å². The van der Waals surface area contributed by atoms with Gasteiger partial charge in [-0.1, -0.05) is 0 Å². The third-order valence-corrected chi connectivity index (χ3v) is 3.80. The van der Waals surface area contributed by atoms with Gasteiger partial charge in [-0.2, -0.15) is 5.10 Å². The molecule has 1 aliphatic carbocycles. The lowest BCUT2D eigenvalue weighted by molar-refractivity contribution is 0.0685. The molecule has 0 atom stereocenters. The molecule has 3 rings (SSSR count). The average Bonchev–Trinajstić information content (AvgIpc) is 2.64. The first-order valence-corrected chi connectivity index (χ1v) is 6.19. The van der Waals surface area contributed by atoms with E-state index in [9.17, 15) is 9.90 Å². The van der Waals surface area contributed by atoms with Gasteiger partial charge in [0.05, 0.1) is 6.04 Å². The van der Waals surface area contributed by atoms with Gasteiger partial charge in [0.15, 0.2) is 5.69 Å². The van der Waals surface area contributed by atoms with E-state index in [0.717, 1.165) is 44.3 Å². The first-order valence-electron chi connectivity index (χ1n) is 6.19. The number of carboxylic acids is 1. The molecule has 1 fully saturated rings. The molecule has 1 aliphatic heterocycles. The standard InChI is InChI=1S/C12H17N3O2/c1-14-6-8(7-14)15-10-5-3-2-4-9(10)11(13-15)12(16)17/h8H,2-7H2,1H3,(H,16,17). The Morgan fingerprint density at radius 2 is 2.06 bits per heavy atom. The SMILES string of the molecule is CN1CC(n2nc(C(=O)O)c3c2CCCC3)C1. The summed E-state index contributed by atoms with van der Waals surface area (Å²) in [7, 11) is 2.07. The van der Waals surface area contributed by atoms with E-state index in [-0.39, 0.29) is 5.69 Å². The van der Waals surface area contributed by atoms with E-state index in [1.807, 2.05) is 4.68 Å². The van der Waals surface area contributed by atoms with Gasteiger partial charge in [-0.25, -0.2) is 4.79 Å². The van der Waals surface area contributed by atoms with Crippen molar-refractivity contribution in [1.29, 1.82) is 0 Å². The topological polar surface area (TPSA) is 58.4 Å². The lowest BCUT2D eigenvalue weighted by atomic mass is 9.95. The molecule has 1 saturated heterocycles. The van der Waals surface area contributed by atoms with E-state index < -0.39 is 5.97 Å². The molecule has 1 aromatic rings. The average molecular weight is 235 g/mol. The third kappa shape index (κ3) is 1.65. The Morgan fingerprint density at radius 1 is 1.35 bits per heavy atom. The number of hydrogen-bond donors (Lipinski definition) is 1. The highest BCUT2D eigenvalue weighted by Gasteiger charge is 2.32. The fourth-order valence-corrected chi connectivity index (χ4v) is 2.92. The molecule has 0 spiro atoms. The minimum atomic E-state index is -0.880. The summed E-state index contributed by atoms with van der Waals surface area (Å²) in [6, 6.07) is 0.375. The minimum absolute atomic E-state index is 0.286. The summed E-state index contributed by atoms with van der Waals surface area (Å²) < 4.78 is 1.98. The number of aromatic nitrogens is 2. The van der Waals surface area contributed by atoms with E-state index in [1.54, 1.807) is 0 Å². The molecular weight excluding hydrogens is 218 g/mol. The Bertz CT molecular complexity index is 461. The fraction of sp³-hybridized carbons (Fsp3) is 0.667. The second-order valence-electron chi connectivity index (χ2n) is 5.11. The van der Waals surface area contributed by atoms with Crippen LogP contribution in [-0.4, -0.2) is 45.9 Å². The molecule has 5 heteroatoms. The predicted molar refractivity (Wildman–Crippen MR) is 62.4 cm³/mol. The van der Waals surface area contributed by atoms with E-state index >= 15 is 0 Å². The molecule has 0 radical (unpaired) electrons. The zero-order valence-corrected chi connectivity index (χ0v) is 10.0. The molecule has 17 heavy (non-hydrogen) atoms. The maximum Gasteiger partial charge on any atom is 0.356 e. The quantitative estimate of drug-likeness (QED) is 0.829. The molecular formula is C12H17N3O2. The van der Waals surface area contributed by atoms with Crippen LogP contribution in [0.25, 0.3) is 0 Å². The summed E-state index contributed by atoms with van der Waals surface area (Å²) in [4.78, 5) is 13.4. The highest BCUT2D eigenvalue weighted by molar-refractivity contribution is 5.87. The van der Waals surface area contributed by atoms with Gasteiger partial charge in [-0.15, -0.1) is 0 Å². The van der Waals surface area contributed by atoms with Crippen molar-refractivity contribution >= 4 is 5.97 Å². The molecule has 2 aliphatic rings. The van der Waals surface area contributed by atoms with E-state index in [2.05, 4.69) is 17.0 Å². The number of aromatic carboxylic acids is 1. The maximum atomic E-state index is 11.2. The van der Waals surface area contributed by atoms with Gasteiger partial charge in [-0.05, 0) is 32.7 Å². The van der Waals surface area contributed by atoms with Crippen molar-refractivity contribution < 1.29 is 9.90 Å². The van der Waals surface area contributed by atoms with Crippen LogP contribution in [0.15, 0.2) is 0 Å². The zero-order valence-electron chi connectivity index (χ0n) is 10.0. The van der Waals surface area contributed by atoms with Gasteiger partial charge in [-0.3, -0.25) is 4.68 Å². The number of fused-ring (bicyclic) bond motifs is 1. The molecule has 0 bridgehead atoms. The van der Waals surface area contributed by atoms with Crippen LogP contribution >= 0.6 is 0 Å². The third-order valence-electron chi connectivity index (χ3n) is 3.80. The van der Waals surface area contributed by atoms with Crippen LogP contribution in [0.4, 0.5) is 0 Å². The van der Waals surface area contributed by atoms with E-state index in [4.69, 9.17) is 0 Å². The molecule has 2 heterocycles. The number of likely N-dealkylation sites (tertiary alicyclic amines) is 1. The lowest BCUT2D eigenvalue weighted by Crippen LogP contribution is -2.45. The van der Waals surface area contributed by atoms with Crippen molar-refractivity contribution in [2.45, 2.75) is 31.7 Å². The van der Waals surface area contributed by atoms with Crippen molar-refractivity contribution in [2.24, 2.45) is 0 Å². The van der Waals surface area contributed by atoms with Gasteiger partial charge in [0, 0.05) is 24.3 Å². The van der Waals surface area contributed by atoms with Crippen LogP contribution in [0, 0.1) is 0 Å². The van der Waals surface area contributed by atoms with E-state index in [1.165, 1.54) is 5.69 Å². The smallest absolute Gasteiger partial charge is 0.356 e. The molecule has 92 valence electrons. The first kappa shape index (κ1) is 10.8. The van der Waals surface area contributed by atoms with Gasteiger partial charge in [0.1, 0.15) is 0 Å². The summed E-state index contributed by atoms with van der Waals surface area (Å²) >= 11 is 0. The van der Waals surface area contributed by atoms with Gasteiger partial charge >= 0.3 is 5.97 Å². The molecule has 0 unspecified atom stereocenters. The lowest BCUT2D eigenvalue weighted by Gasteiger charge is -2.37. The molecule has 0 saturated carbocycles. The van der Waals surface area contributed by atoms with Gasteiger partial charge < -0.3 is 10.0 Å². The van der Waals surface area contributed by atoms with Crippen LogP contribution in [0.3, 0.4) is 0 Å². The Kier molecular flexibility index (Phi) is 2.43. The second kappa shape index (κ2) is 3.84. The second-order valence-corrected chi connectivity index (χ2v) is 5.11. The van der Waals surface area contributed by atoms with Crippen LogP contribution < -0.4 is 0 Å². The summed E-state index contributed by atoms with van der Waals surface area (Å²) in [5.74, 6) is -0.880. The highest BCUT2D eigenvalue weighted by Crippen LogP contribution is 2.29. The van der Waals surface area contributed by atoms with Gasteiger partial charge in [0.25, 0.3) is 0 Å². The van der Waals surface area contributed by atoms with Crippen molar-refractivity contribution in [3.8, 4) is 0 Å². The van der Waals surface area contributed by atoms with Crippen molar-refractivity contribution in [3.63, 3.8) is 0 Å². The Hall–Kier alpha value is -1.36. The van der Waals surface area contributed by atoms with Crippen LogP contribution in [0.5, 0.6) is 0 Å². The predicted octanol–water partition coefficient (Wildman–Crippen LogP) is 0.947. The largest absolute Gasteiger partial charge is 0.476 e. The Morgan fingerprint density at radius 3 is 2.71 bits per heavy atom. The van der Waals surface area contributed by atoms with Gasteiger partial charge in [0.2, 0.25) is 0 Å². The normalized spacial score (nSPS) is 21.0. The fourth-order valence-electron chi connectivity index (χ4n) is 2.92. The monoisotopic (exact) mass is 235 g/mol. The summed E-state index contributed by atoms with van der Waals surface area (Å²) in [5, 5.41) is 13.5. The Balaban J connectivity index is 2.00. The van der Waals surface area contributed by atoms with Crippen molar-refractivity contribution in [1.82, 2.24) is 14.7 Å². The zero-order chi connectivity index (χ0) is 12.0. The number of carboxylic acid groups (broad SMARTS) is 1. The molecule has 0 amide bonds.